The Kier molecular flexibility index (Phi) is 3.05. The van der Waals surface area contributed by atoms with Gasteiger partial charge in [-0.2, -0.15) is 0 Å². The maximum atomic E-state index is 11.8. The molecule has 0 radical (unpaired) electrons. The highest BCUT2D eigenvalue weighted by atomic mass is 79.9. The molecule has 1 aromatic rings. The highest BCUT2D eigenvalue weighted by Gasteiger charge is 2.29. The molecule has 0 atom stereocenters. The largest absolute Gasteiger partial charge is 0.242 e. The summed E-state index contributed by atoms with van der Waals surface area (Å²) in [6.07, 6.45) is 1.89. The van der Waals surface area contributed by atoms with E-state index in [2.05, 4.69) is 36.6 Å². The molecule has 0 aliphatic heterocycles. The van der Waals surface area contributed by atoms with Crippen molar-refractivity contribution in [3.63, 3.8) is 0 Å². The molecule has 1 aromatic heterocycles. The first-order valence-corrected chi connectivity index (χ1v) is 7.85. The average molecular weight is 361 g/mol. The van der Waals surface area contributed by atoms with E-state index in [4.69, 9.17) is 0 Å². The molecule has 1 heterocycles. The van der Waals surface area contributed by atoms with Crippen LogP contribution in [0.15, 0.2) is 18.5 Å². The Balaban J connectivity index is 2.32. The van der Waals surface area contributed by atoms with E-state index < -0.39 is 10.0 Å². The molecule has 1 N–H and O–H groups in total. The molecule has 0 amide bonds. The predicted molar refractivity (Wildman–Crippen MR) is 63.1 cm³/mol. The van der Waals surface area contributed by atoms with Gasteiger partial charge in [0.05, 0.1) is 7.57 Å². The van der Waals surface area contributed by atoms with Gasteiger partial charge in [-0.3, -0.25) is 0 Å². The van der Waals surface area contributed by atoms with Gasteiger partial charge in [-0.1, -0.05) is 0 Å². The van der Waals surface area contributed by atoms with Crippen LogP contribution in [0.2, 0.25) is 0 Å². The molecule has 0 saturated heterocycles. The van der Waals surface area contributed by atoms with Crippen LogP contribution in [0, 0.1) is 0 Å². The van der Waals surface area contributed by atoms with Gasteiger partial charge in [-0.25, -0.2) is 13.1 Å². The summed E-state index contributed by atoms with van der Waals surface area (Å²) in [6, 6.07) is 1.75. The lowest BCUT2D eigenvalue weighted by Crippen LogP contribution is -2.25. The third-order valence-electron chi connectivity index (χ3n) is 1.81. The predicted octanol–water partition coefficient (Wildman–Crippen LogP) is 2.71. The average Bonchev–Trinajstić information content (AvgIpc) is 2.76. The zero-order valence-corrected chi connectivity index (χ0v) is 11.8. The quantitative estimate of drug-likeness (QED) is 0.900. The summed E-state index contributed by atoms with van der Waals surface area (Å²) in [4.78, 5) is 0.321. The molecule has 2 rings (SSSR count). The Hall–Kier alpha value is 0.570. The first kappa shape index (κ1) is 11.1. The molecule has 1 aliphatic rings. The van der Waals surface area contributed by atoms with Gasteiger partial charge in [0.2, 0.25) is 10.0 Å². The van der Waals surface area contributed by atoms with Crippen LogP contribution in [-0.4, -0.2) is 14.5 Å². The first-order valence-electron chi connectivity index (χ1n) is 3.96. The molecule has 0 bridgehead atoms. The zero-order chi connectivity index (χ0) is 10.3. The zero-order valence-electron chi connectivity index (χ0n) is 6.96. The van der Waals surface area contributed by atoms with Gasteiger partial charge in [0.15, 0.2) is 0 Å². The standard InChI is InChI=1S/C7H7Br2NO2S2/c8-6-3-5(7(9)13-6)14(11,12)10-4-1-2-4/h3-4,10H,1-2H2. The highest BCUT2D eigenvalue weighted by Crippen LogP contribution is 2.35. The van der Waals surface area contributed by atoms with Crippen molar-refractivity contribution in [1.29, 1.82) is 0 Å². The van der Waals surface area contributed by atoms with Crippen molar-refractivity contribution in [3.05, 3.63) is 13.6 Å². The second-order valence-corrected chi connectivity index (χ2v) is 8.52. The number of thiophene rings is 1. The van der Waals surface area contributed by atoms with Gasteiger partial charge in [-0.15, -0.1) is 11.3 Å². The van der Waals surface area contributed by atoms with Gasteiger partial charge in [-0.05, 0) is 50.8 Å². The molecule has 1 aliphatic carbocycles. The molecule has 1 saturated carbocycles. The number of sulfonamides is 1. The van der Waals surface area contributed by atoms with Gasteiger partial charge < -0.3 is 0 Å². The van der Waals surface area contributed by atoms with E-state index in [0.717, 1.165) is 16.6 Å². The fraction of sp³-hybridized carbons (Fsp3) is 0.429. The Bertz CT molecular complexity index is 450. The molecule has 7 heteroatoms. The topological polar surface area (TPSA) is 46.2 Å². The minimum absolute atomic E-state index is 0.144. The molecule has 78 valence electrons. The van der Waals surface area contributed by atoms with Crippen molar-refractivity contribution in [2.75, 3.05) is 0 Å². The number of halogens is 2. The van der Waals surface area contributed by atoms with Crippen molar-refractivity contribution in [2.24, 2.45) is 0 Å². The maximum Gasteiger partial charge on any atom is 0.242 e. The van der Waals surface area contributed by atoms with Crippen LogP contribution >= 0.6 is 43.2 Å². The van der Waals surface area contributed by atoms with Gasteiger partial charge in [0.25, 0.3) is 0 Å². The Morgan fingerprint density at radius 3 is 2.50 bits per heavy atom. The summed E-state index contributed by atoms with van der Waals surface area (Å²) in [7, 11) is -3.32. The van der Waals surface area contributed by atoms with E-state index >= 15 is 0 Å². The van der Waals surface area contributed by atoms with E-state index in [9.17, 15) is 8.42 Å². The summed E-state index contributed by atoms with van der Waals surface area (Å²) in [5, 5.41) is 0. The van der Waals surface area contributed by atoms with E-state index in [1.807, 2.05) is 0 Å². The van der Waals surface area contributed by atoms with Crippen LogP contribution < -0.4 is 4.72 Å². The van der Waals surface area contributed by atoms with Crippen molar-refractivity contribution in [1.82, 2.24) is 4.72 Å². The molecular formula is C7H7Br2NO2S2. The normalized spacial score (nSPS) is 17.3. The summed E-state index contributed by atoms with van der Waals surface area (Å²) in [5.41, 5.74) is 0. The Morgan fingerprint density at radius 1 is 1.43 bits per heavy atom. The van der Waals surface area contributed by atoms with Crippen LogP contribution in [0.1, 0.15) is 12.8 Å². The lowest BCUT2D eigenvalue weighted by atomic mass is 10.7. The summed E-state index contributed by atoms with van der Waals surface area (Å²) in [6.45, 7) is 0. The molecule has 14 heavy (non-hydrogen) atoms. The minimum atomic E-state index is -3.32. The van der Waals surface area contributed by atoms with Crippen molar-refractivity contribution >= 4 is 53.2 Å². The second-order valence-electron chi connectivity index (χ2n) is 3.08. The fourth-order valence-corrected chi connectivity index (χ4v) is 6.11. The minimum Gasteiger partial charge on any atom is -0.208 e. The van der Waals surface area contributed by atoms with Crippen LogP contribution in [-0.2, 0) is 10.0 Å². The van der Waals surface area contributed by atoms with Gasteiger partial charge in [0, 0.05) is 6.04 Å². The molecule has 0 unspecified atom stereocenters. The third kappa shape index (κ3) is 2.38. The fourth-order valence-electron chi connectivity index (χ4n) is 0.992. The lowest BCUT2D eigenvalue weighted by Gasteiger charge is -2.02. The summed E-state index contributed by atoms with van der Waals surface area (Å²) < 4.78 is 27.6. The SMILES string of the molecule is O=S(=O)(NC1CC1)c1cc(Br)sc1Br. The van der Waals surface area contributed by atoms with E-state index in [1.54, 1.807) is 6.07 Å². The van der Waals surface area contributed by atoms with Crippen molar-refractivity contribution in [3.8, 4) is 0 Å². The summed E-state index contributed by atoms with van der Waals surface area (Å²) >= 11 is 7.84. The van der Waals surface area contributed by atoms with Crippen LogP contribution in [0.5, 0.6) is 0 Å². The van der Waals surface area contributed by atoms with Gasteiger partial charge in [0.1, 0.15) is 4.90 Å². The number of hydrogen-bond acceptors (Lipinski definition) is 3. The molecule has 3 nitrogen and oxygen atoms in total. The van der Waals surface area contributed by atoms with Crippen LogP contribution in [0.25, 0.3) is 0 Å². The van der Waals surface area contributed by atoms with Crippen molar-refractivity contribution < 1.29 is 8.42 Å². The van der Waals surface area contributed by atoms with E-state index in [-0.39, 0.29) is 6.04 Å². The van der Waals surface area contributed by atoms with E-state index in [0.29, 0.717) is 8.68 Å². The lowest BCUT2D eigenvalue weighted by molar-refractivity contribution is 0.581. The molecule has 0 spiro atoms. The molecule has 0 aromatic carbocycles. The number of hydrogen-bond donors (Lipinski definition) is 1. The number of rotatable bonds is 3. The Morgan fingerprint density at radius 2 is 2.07 bits per heavy atom. The molecular weight excluding hydrogens is 354 g/mol. The second kappa shape index (κ2) is 3.86. The van der Waals surface area contributed by atoms with E-state index in [1.165, 1.54) is 11.3 Å². The van der Waals surface area contributed by atoms with Crippen LogP contribution in [0.3, 0.4) is 0 Å². The summed E-state index contributed by atoms with van der Waals surface area (Å²) in [5.74, 6) is 0. The third-order valence-corrected chi connectivity index (χ3v) is 6.09. The highest BCUT2D eigenvalue weighted by molar-refractivity contribution is 9.12. The monoisotopic (exact) mass is 359 g/mol. The molecule has 1 fully saturated rings. The van der Waals surface area contributed by atoms with Crippen molar-refractivity contribution in [2.45, 2.75) is 23.8 Å². The van der Waals surface area contributed by atoms with Gasteiger partial charge >= 0.3 is 0 Å². The smallest absolute Gasteiger partial charge is 0.208 e. The maximum absolute atomic E-state index is 11.8. The number of nitrogens with one attached hydrogen (secondary N) is 1. The Labute approximate surface area is 103 Å². The van der Waals surface area contributed by atoms with Crippen LogP contribution in [0.4, 0.5) is 0 Å². The first-order chi connectivity index (χ1) is 6.49.